The Balaban J connectivity index is 1.54. The fraction of sp³-hybridized carbons (Fsp3) is 0.480. The first-order valence-corrected chi connectivity index (χ1v) is 10.9. The zero-order valence-electron chi connectivity index (χ0n) is 17.3. The summed E-state index contributed by atoms with van der Waals surface area (Å²) in [6.45, 7) is 3.01. The van der Waals surface area contributed by atoms with Gasteiger partial charge in [-0.2, -0.15) is 0 Å². The minimum absolute atomic E-state index is 0.0119. The van der Waals surface area contributed by atoms with Gasteiger partial charge in [0, 0.05) is 12.1 Å². The Kier molecular flexibility index (Phi) is 10.9. The maximum absolute atomic E-state index is 12.2. The molecule has 0 radical (unpaired) electrons. The van der Waals surface area contributed by atoms with Gasteiger partial charge in [-0.1, -0.05) is 82.9 Å². The second-order valence-electron chi connectivity index (χ2n) is 7.38. The van der Waals surface area contributed by atoms with Crippen LogP contribution < -0.4 is 10.1 Å². The molecule has 2 rings (SSSR count). The van der Waals surface area contributed by atoms with Crippen molar-refractivity contribution in [1.29, 1.82) is 0 Å². The van der Waals surface area contributed by atoms with Crippen LogP contribution in [0.4, 0.5) is 0 Å². The van der Waals surface area contributed by atoms with Crippen LogP contribution in [0.2, 0.25) is 0 Å². The topological polar surface area (TPSA) is 38.3 Å². The number of rotatable bonds is 14. The summed E-state index contributed by atoms with van der Waals surface area (Å²) in [6.07, 6.45) is 13.0. The normalized spacial score (nSPS) is 10.6. The molecule has 1 N–H and O–H groups in total. The molecule has 0 aliphatic rings. The summed E-state index contributed by atoms with van der Waals surface area (Å²) in [5.74, 6) is 1.51. The lowest BCUT2D eigenvalue weighted by Gasteiger charge is -2.08. The Bertz CT molecular complexity index is 652. The quantitative estimate of drug-likeness (QED) is 0.353. The summed E-state index contributed by atoms with van der Waals surface area (Å²) in [5.41, 5.74) is 0.674. The van der Waals surface area contributed by atoms with E-state index in [1.54, 1.807) is 0 Å². The molecule has 0 spiro atoms. The zero-order valence-corrected chi connectivity index (χ0v) is 17.3. The Morgan fingerprint density at radius 3 is 1.86 bits per heavy atom. The van der Waals surface area contributed by atoms with Crippen molar-refractivity contribution in [3.63, 3.8) is 0 Å². The van der Waals surface area contributed by atoms with E-state index >= 15 is 0 Å². The minimum Gasteiger partial charge on any atom is -0.457 e. The minimum atomic E-state index is -0.0119. The predicted octanol–water partition coefficient (Wildman–Crippen LogP) is 7.13. The third kappa shape index (κ3) is 9.07. The molecule has 0 saturated heterocycles. The van der Waals surface area contributed by atoms with Crippen LogP contribution in [0.25, 0.3) is 0 Å². The summed E-state index contributed by atoms with van der Waals surface area (Å²) in [7, 11) is 0. The van der Waals surface area contributed by atoms with Crippen LogP contribution in [0.5, 0.6) is 11.5 Å². The van der Waals surface area contributed by atoms with Gasteiger partial charge in [-0.05, 0) is 42.8 Å². The number of amides is 1. The standard InChI is InChI=1S/C25H35NO2/c1-2-3-4-5-6-7-8-9-10-14-21-26-25(27)22-17-19-24(20-18-22)28-23-15-12-11-13-16-23/h11-13,15-20H,2-10,14,21H2,1H3,(H,26,27). The molecule has 152 valence electrons. The highest BCUT2D eigenvalue weighted by atomic mass is 16.5. The lowest BCUT2D eigenvalue weighted by Crippen LogP contribution is -2.24. The van der Waals surface area contributed by atoms with Crippen molar-refractivity contribution in [2.24, 2.45) is 0 Å². The largest absolute Gasteiger partial charge is 0.457 e. The van der Waals surface area contributed by atoms with Crippen molar-refractivity contribution in [3.05, 3.63) is 60.2 Å². The highest BCUT2D eigenvalue weighted by Crippen LogP contribution is 2.21. The second kappa shape index (κ2) is 13.8. The van der Waals surface area contributed by atoms with Gasteiger partial charge in [0.1, 0.15) is 11.5 Å². The highest BCUT2D eigenvalue weighted by Gasteiger charge is 2.05. The molecule has 3 heteroatoms. The van der Waals surface area contributed by atoms with Crippen molar-refractivity contribution >= 4 is 5.91 Å². The van der Waals surface area contributed by atoms with Crippen LogP contribution in [0, 0.1) is 0 Å². The number of ether oxygens (including phenoxy) is 1. The van der Waals surface area contributed by atoms with Gasteiger partial charge in [0.2, 0.25) is 0 Å². The number of carbonyl (C=O) groups is 1. The third-order valence-electron chi connectivity index (χ3n) is 4.91. The molecule has 0 aromatic heterocycles. The Labute approximate surface area is 170 Å². The molecular weight excluding hydrogens is 346 g/mol. The van der Waals surface area contributed by atoms with Crippen molar-refractivity contribution in [2.75, 3.05) is 6.54 Å². The van der Waals surface area contributed by atoms with Crippen LogP contribution in [0.1, 0.15) is 81.5 Å². The first-order chi connectivity index (χ1) is 13.8. The number of unbranched alkanes of at least 4 members (excludes halogenated alkanes) is 9. The van der Waals surface area contributed by atoms with Crippen molar-refractivity contribution in [3.8, 4) is 11.5 Å². The fourth-order valence-electron chi connectivity index (χ4n) is 3.22. The maximum Gasteiger partial charge on any atom is 0.251 e. The highest BCUT2D eigenvalue weighted by molar-refractivity contribution is 5.94. The number of benzene rings is 2. The Morgan fingerprint density at radius 2 is 1.25 bits per heavy atom. The van der Waals surface area contributed by atoms with Gasteiger partial charge in [0.05, 0.1) is 0 Å². The molecule has 2 aromatic rings. The van der Waals surface area contributed by atoms with Crippen LogP contribution >= 0.6 is 0 Å². The van der Waals surface area contributed by atoms with Gasteiger partial charge in [0.15, 0.2) is 0 Å². The van der Waals surface area contributed by atoms with Gasteiger partial charge < -0.3 is 10.1 Å². The van der Waals surface area contributed by atoms with Crippen molar-refractivity contribution < 1.29 is 9.53 Å². The van der Waals surface area contributed by atoms with Gasteiger partial charge in [-0.3, -0.25) is 4.79 Å². The molecule has 0 aliphatic carbocycles. The SMILES string of the molecule is CCCCCCCCCCCCNC(=O)c1ccc(Oc2ccccc2)cc1. The van der Waals surface area contributed by atoms with E-state index in [0.29, 0.717) is 5.56 Å². The van der Waals surface area contributed by atoms with E-state index in [-0.39, 0.29) is 5.91 Å². The lowest BCUT2D eigenvalue weighted by molar-refractivity contribution is 0.0953. The Morgan fingerprint density at radius 1 is 0.714 bits per heavy atom. The summed E-state index contributed by atoms with van der Waals surface area (Å²) in [4.78, 5) is 12.2. The molecule has 0 unspecified atom stereocenters. The molecule has 3 nitrogen and oxygen atoms in total. The van der Waals surface area contributed by atoms with E-state index in [1.807, 2.05) is 54.6 Å². The van der Waals surface area contributed by atoms with Crippen molar-refractivity contribution in [1.82, 2.24) is 5.32 Å². The molecule has 0 fully saturated rings. The third-order valence-corrected chi connectivity index (χ3v) is 4.91. The molecular formula is C25H35NO2. The molecule has 28 heavy (non-hydrogen) atoms. The first-order valence-electron chi connectivity index (χ1n) is 10.9. The van der Waals surface area contributed by atoms with Crippen LogP contribution in [-0.4, -0.2) is 12.5 Å². The van der Waals surface area contributed by atoms with Crippen LogP contribution in [0.15, 0.2) is 54.6 Å². The number of nitrogens with one attached hydrogen (secondary N) is 1. The van der Waals surface area contributed by atoms with Gasteiger partial charge >= 0.3 is 0 Å². The smallest absolute Gasteiger partial charge is 0.251 e. The molecule has 0 atom stereocenters. The second-order valence-corrected chi connectivity index (χ2v) is 7.38. The predicted molar refractivity (Wildman–Crippen MR) is 117 cm³/mol. The number of hydrogen-bond donors (Lipinski definition) is 1. The number of carbonyl (C=O) groups excluding carboxylic acids is 1. The average molecular weight is 382 g/mol. The molecule has 0 aliphatic heterocycles. The molecule has 0 heterocycles. The molecule has 2 aromatic carbocycles. The van der Waals surface area contributed by atoms with Crippen molar-refractivity contribution in [2.45, 2.75) is 71.1 Å². The van der Waals surface area contributed by atoms with Gasteiger partial charge in [0.25, 0.3) is 5.91 Å². The summed E-state index contributed by atoms with van der Waals surface area (Å²) < 4.78 is 5.75. The average Bonchev–Trinajstić information content (AvgIpc) is 2.73. The van der Waals surface area contributed by atoms with Crippen LogP contribution in [-0.2, 0) is 0 Å². The summed E-state index contributed by atoms with van der Waals surface area (Å²) >= 11 is 0. The summed E-state index contributed by atoms with van der Waals surface area (Å²) in [5, 5.41) is 3.01. The van der Waals surface area contributed by atoms with E-state index < -0.39 is 0 Å². The van der Waals surface area contributed by atoms with E-state index in [1.165, 1.54) is 57.8 Å². The molecule has 0 saturated carbocycles. The molecule has 0 bridgehead atoms. The summed E-state index contributed by atoms with van der Waals surface area (Å²) in [6, 6.07) is 16.9. The first kappa shape index (κ1) is 22.0. The van der Waals surface area contributed by atoms with Gasteiger partial charge in [-0.25, -0.2) is 0 Å². The van der Waals surface area contributed by atoms with E-state index in [2.05, 4.69) is 12.2 Å². The van der Waals surface area contributed by atoms with Gasteiger partial charge in [-0.15, -0.1) is 0 Å². The number of para-hydroxylation sites is 1. The van der Waals surface area contributed by atoms with Crippen LogP contribution in [0.3, 0.4) is 0 Å². The van der Waals surface area contributed by atoms with E-state index in [9.17, 15) is 4.79 Å². The monoisotopic (exact) mass is 381 g/mol. The molecule has 1 amide bonds. The Hall–Kier alpha value is -2.29. The van der Waals surface area contributed by atoms with E-state index in [0.717, 1.165) is 24.5 Å². The zero-order chi connectivity index (χ0) is 19.9. The fourth-order valence-corrected chi connectivity index (χ4v) is 3.22. The number of hydrogen-bond acceptors (Lipinski definition) is 2. The lowest BCUT2D eigenvalue weighted by atomic mass is 10.1. The maximum atomic E-state index is 12.2. The van der Waals surface area contributed by atoms with E-state index in [4.69, 9.17) is 4.74 Å².